The number of aromatic nitrogens is 3. The van der Waals surface area contributed by atoms with E-state index in [1.807, 2.05) is 52.4 Å². The maximum absolute atomic E-state index is 12.8. The van der Waals surface area contributed by atoms with E-state index in [-0.39, 0.29) is 11.7 Å². The van der Waals surface area contributed by atoms with Crippen LogP contribution in [0.2, 0.25) is 5.02 Å². The van der Waals surface area contributed by atoms with Gasteiger partial charge >= 0.3 is 5.97 Å². The topological polar surface area (TPSA) is 86.1 Å². The lowest BCUT2D eigenvalue weighted by Gasteiger charge is -2.09. The fourth-order valence-corrected chi connectivity index (χ4v) is 5.40. The van der Waals surface area contributed by atoms with E-state index in [1.54, 1.807) is 18.2 Å². The van der Waals surface area contributed by atoms with Crippen LogP contribution in [-0.4, -0.2) is 39.5 Å². The number of thiophene rings is 1. The average Bonchev–Trinajstić information content (AvgIpc) is 3.47. The summed E-state index contributed by atoms with van der Waals surface area (Å²) in [5.41, 5.74) is 2.90. The number of halogens is 1. The molecule has 0 spiro atoms. The van der Waals surface area contributed by atoms with E-state index < -0.39 is 5.97 Å². The number of amides is 1. The third-order valence-corrected chi connectivity index (χ3v) is 7.35. The number of carbonyl (C=O) groups excluding carboxylic acids is 2. The lowest BCUT2D eigenvalue weighted by molar-refractivity contribution is -0.113. The van der Waals surface area contributed by atoms with E-state index >= 15 is 0 Å². The standard InChI is InChI=1S/C26H23ClN4O3S2/c1-3-13-31-21(14-17-7-5-4-6-8-17)29-30-26(31)36-16-22(32)28-24-23(25(33)34-2)20(15-35-24)18-9-11-19(27)12-10-18/h3-12,15H,1,13-14,16H2,2H3,(H,28,32). The highest BCUT2D eigenvalue weighted by Gasteiger charge is 2.23. The van der Waals surface area contributed by atoms with Gasteiger partial charge in [-0.2, -0.15) is 0 Å². The minimum Gasteiger partial charge on any atom is -0.465 e. The van der Waals surface area contributed by atoms with Crippen molar-refractivity contribution in [2.24, 2.45) is 0 Å². The second-order valence-corrected chi connectivity index (χ2v) is 9.91. The lowest BCUT2D eigenvalue weighted by atomic mass is 10.0. The molecule has 0 radical (unpaired) electrons. The van der Waals surface area contributed by atoms with Gasteiger partial charge in [-0.25, -0.2) is 4.79 Å². The van der Waals surface area contributed by atoms with E-state index in [4.69, 9.17) is 16.3 Å². The number of carbonyl (C=O) groups is 2. The summed E-state index contributed by atoms with van der Waals surface area (Å²) < 4.78 is 6.93. The number of nitrogens with one attached hydrogen (secondary N) is 1. The molecule has 7 nitrogen and oxygen atoms in total. The largest absolute Gasteiger partial charge is 0.465 e. The van der Waals surface area contributed by atoms with Gasteiger partial charge in [0.15, 0.2) is 5.16 Å². The zero-order valence-corrected chi connectivity index (χ0v) is 21.8. The molecule has 36 heavy (non-hydrogen) atoms. The van der Waals surface area contributed by atoms with Crippen molar-refractivity contribution in [1.29, 1.82) is 0 Å². The molecule has 1 amide bonds. The summed E-state index contributed by atoms with van der Waals surface area (Å²) >= 11 is 8.53. The normalized spacial score (nSPS) is 10.7. The van der Waals surface area contributed by atoms with Crippen molar-refractivity contribution in [2.75, 3.05) is 18.2 Å². The summed E-state index contributed by atoms with van der Waals surface area (Å²) in [6.07, 6.45) is 2.40. The maximum Gasteiger partial charge on any atom is 0.341 e. The van der Waals surface area contributed by atoms with Crippen LogP contribution in [0.4, 0.5) is 5.00 Å². The highest BCUT2D eigenvalue weighted by Crippen LogP contribution is 2.36. The Morgan fingerprint density at radius 2 is 1.92 bits per heavy atom. The predicted molar refractivity (Wildman–Crippen MR) is 145 cm³/mol. The van der Waals surface area contributed by atoms with Gasteiger partial charge in [0.1, 0.15) is 16.4 Å². The second-order valence-electron chi connectivity index (χ2n) is 7.65. The molecule has 0 fully saturated rings. The van der Waals surface area contributed by atoms with Gasteiger partial charge in [0, 0.05) is 28.9 Å². The fourth-order valence-electron chi connectivity index (χ4n) is 3.54. The number of esters is 1. The van der Waals surface area contributed by atoms with E-state index in [1.165, 1.54) is 30.2 Å². The molecule has 0 bridgehead atoms. The Labute approximate surface area is 222 Å². The maximum atomic E-state index is 12.8. The van der Waals surface area contributed by atoms with Gasteiger partial charge in [-0.1, -0.05) is 71.9 Å². The summed E-state index contributed by atoms with van der Waals surface area (Å²) in [7, 11) is 1.31. The van der Waals surface area contributed by atoms with Crippen molar-refractivity contribution in [3.05, 3.63) is 94.6 Å². The molecule has 0 unspecified atom stereocenters. The third-order valence-electron chi connectivity index (χ3n) is 5.23. The molecular formula is C26H23ClN4O3S2. The Morgan fingerprint density at radius 3 is 2.61 bits per heavy atom. The molecule has 4 rings (SSSR count). The van der Waals surface area contributed by atoms with E-state index in [9.17, 15) is 9.59 Å². The molecule has 0 aliphatic carbocycles. The predicted octanol–water partition coefficient (Wildman–Crippen LogP) is 5.95. The smallest absolute Gasteiger partial charge is 0.341 e. The first-order valence-electron chi connectivity index (χ1n) is 11.0. The molecular weight excluding hydrogens is 516 g/mol. The molecule has 0 saturated heterocycles. The van der Waals surface area contributed by atoms with Crippen LogP contribution in [0.25, 0.3) is 11.1 Å². The molecule has 184 valence electrons. The van der Waals surface area contributed by atoms with Gasteiger partial charge in [-0.05, 0) is 23.3 Å². The number of ether oxygens (including phenoxy) is 1. The van der Waals surface area contributed by atoms with Gasteiger partial charge in [0.25, 0.3) is 0 Å². The van der Waals surface area contributed by atoms with Gasteiger partial charge < -0.3 is 14.6 Å². The van der Waals surface area contributed by atoms with Crippen molar-refractivity contribution in [3.8, 4) is 11.1 Å². The SMILES string of the molecule is C=CCn1c(Cc2ccccc2)nnc1SCC(=O)Nc1scc(-c2ccc(Cl)cc2)c1C(=O)OC. The van der Waals surface area contributed by atoms with Crippen LogP contribution in [0.1, 0.15) is 21.7 Å². The summed E-state index contributed by atoms with van der Waals surface area (Å²) in [5, 5.41) is 14.9. The van der Waals surface area contributed by atoms with Crippen LogP contribution >= 0.6 is 34.7 Å². The number of hydrogen-bond acceptors (Lipinski definition) is 7. The zero-order chi connectivity index (χ0) is 25.5. The molecule has 2 heterocycles. The molecule has 0 aliphatic heterocycles. The third kappa shape index (κ3) is 6.04. The van der Waals surface area contributed by atoms with Crippen molar-refractivity contribution < 1.29 is 14.3 Å². The van der Waals surface area contributed by atoms with Gasteiger partial charge in [-0.3, -0.25) is 4.79 Å². The zero-order valence-electron chi connectivity index (χ0n) is 19.4. The Balaban J connectivity index is 1.48. The van der Waals surface area contributed by atoms with Gasteiger partial charge in [0.2, 0.25) is 5.91 Å². The van der Waals surface area contributed by atoms with E-state index in [0.29, 0.717) is 39.3 Å². The monoisotopic (exact) mass is 538 g/mol. The highest BCUT2D eigenvalue weighted by molar-refractivity contribution is 7.99. The molecule has 10 heteroatoms. The summed E-state index contributed by atoms with van der Waals surface area (Å²) in [6.45, 7) is 4.36. The Morgan fingerprint density at radius 1 is 1.17 bits per heavy atom. The lowest BCUT2D eigenvalue weighted by Crippen LogP contribution is -2.16. The van der Waals surface area contributed by atoms with Crippen LogP contribution in [-0.2, 0) is 22.5 Å². The second kappa shape index (κ2) is 12.0. The molecule has 2 aromatic carbocycles. The number of allylic oxidation sites excluding steroid dienone is 1. The molecule has 2 aromatic heterocycles. The van der Waals surface area contributed by atoms with Crippen LogP contribution in [0.15, 0.2) is 77.8 Å². The number of hydrogen-bond donors (Lipinski definition) is 1. The number of benzene rings is 2. The van der Waals surface area contributed by atoms with Crippen LogP contribution in [0.5, 0.6) is 0 Å². The van der Waals surface area contributed by atoms with Crippen LogP contribution in [0, 0.1) is 0 Å². The first-order valence-corrected chi connectivity index (χ1v) is 13.2. The Hall–Kier alpha value is -3.40. The van der Waals surface area contributed by atoms with Crippen LogP contribution < -0.4 is 5.32 Å². The molecule has 1 N–H and O–H groups in total. The first kappa shape index (κ1) is 25.7. The highest BCUT2D eigenvalue weighted by atomic mass is 35.5. The fraction of sp³-hybridized carbons (Fsp3) is 0.154. The van der Waals surface area contributed by atoms with Crippen molar-refractivity contribution in [1.82, 2.24) is 14.8 Å². The summed E-state index contributed by atoms with van der Waals surface area (Å²) in [4.78, 5) is 25.4. The quantitative estimate of drug-likeness (QED) is 0.152. The summed E-state index contributed by atoms with van der Waals surface area (Å²) in [6, 6.07) is 17.1. The minimum absolute atomic E-state index is 0.0927. The summed E-state index contributed by atoms with van der Waals surface area (Å²) in [5.74, 6) is 0.0887. The molecule has 0 aliphatic rings. The van der Waals surface area contributed by atoms with Crippen molar-refractivity contribution in [3.63, 3.8) is 0 Å². The van der Waals surface area contributed by atoms with Gasteiger partial charge in [0.05, 0.1) is 12.9 Å². The minimum atomic E-state index is -0.527. The van der Waals surface area contributed by atoms with Crippen LogP contribution in [0.3, 0.4) is 0 Å². The molecule has 0 atom stereocenters. The number of rotatable bonds is 10. The number of nitrogens with zero attached hydrogens (tertiary/aromatic N) is 3. The first-order chi connectivity index (χ1) is 17.5. The number of anilines is 1. The van der Waals surface area contributed by atoms with Crippen molar-refractivity contribution in [2.45, 2.75) is 18.1 Å². The van der Waals surface area contributed by atoms with Crippen molar-refractivity contribution >= 4 is 51.6 Å². The number of methoxy groups -OCH3 is 1. The van der Waals surface area contributed by atoms with E-state index in [2.05, 4.69) is 22.1 Å². The van der Waals surface area contributed by atoms with E-state index in [0.717, 1.165) is 17.0 Å². The van der Waals surface area contributed by atoms with Gasteiger partial charge in [-0.15, -0.1) is 28.1 Å². The Bertz CT molecular complexity index is 1370. The number of thioether (sulfide) groups is 1. The molecule has 0 saturated carbocycles. The Kier molecular flexibility index (Phi) is 8.58. The molecule has 4 aromatic rings. The average molecular weight is 539 g/mol.